The average molecular weight is 440 g/mol. The van der Waals surface area contributed by atoms with Gasteiger partial charge >= 0.3 is 6.09 Å². The van der Waals surface area contributed by atoms with Gasteiger partial charge in [-0.2, -0.15) is 0 Å². The fourth-order valence-electron chi connectivity index (χ4n) is 2.72. The van der Waals surface area contributed by atoms with Gasteiger partial charge < -0.3 is 24.9 Å². The fourth-order valence-corrected chi connectivity index (χ4v) is 2.72. The number of carbonyl (C=O) groups excluding carboxylic acids is 2. The molecule has 0 unspecified atom stereocenters. The van der Waals surface area contributed by atoms with Crippen LogP contribution in [0.25, 0.3) is 11.3 Å². The van der Waals surface area contributed by atoms with Crippen LogP contribution in [0.1, 0.15) is 21.7 Å². The second-order valence-corrected chi connectivity index (χ2v) is 6.55. The zero-order valence-electron chi connectivity index (χ0n) is 16.8. The molecule has 0 radical (unpaired) electrons. The van der Waals surface area contributed by atoms with E-state index in [1.54, 1.807) is 24.3 Å². The number of alkyl carbamates (subject to hydrolysis) is 1. The van der Waals surface area contributed by atoms with Crippen molar-refractivity contribution in [1.29, 1.82) is 0 Å². The Morgan fingerprint density at radius 1 is 1.12 bits per heavy atom. The Balaban J connectivity index is 1.44. The first-order valence-electron chi connectivity index (χ1n) is 9.54. The number of furan rings is 1. The second-order valence-electron chi connectivity index (χ2n) is 6.55. The predicted octanol–water partition coefficient (Wildman–Crippen LogP) is 2.40. The maximum absolute atomic E-state index is 12.4. The van der Waals surface area contributed by atoms with Gasteiger partial charge in [-0.05, 0) is 42.0 Å². The summed E-state index contributed by atoms with van der Waals surface area (Å²) < 4.78 is 10.3. The number of nitro groups is 1. The first kappa shape index (κ1) is 22.4. The molecule has 3 aromatic rings. The SMILES string of the molecule is O=C(NCCNC(=O)c1cc(-c2ccco2)cc(CO)n1)OCc1ccc([N+](=O)[O-])cc1. The van der Waals surface area contributed by atoms with E-state index in [9.17, 15) is 24.8 Å². The summed E-state index contributed by atoms with van der Waals surface area (Å²) in [6, 6.07) is 12.2. The Kier molecular flexibility index (Phi) is 7.49. The lowest BCUT2D eigenvalue weighted by Crippen LogP contribution is -2.35. The molecule has 0 aliphatic heterocycles. The maximum atomic E-state index is 12.4. The Labute approximate surface area is 182 Å². The Morgan fingerprint density at radius 3 is 2.53 bits per heavy atom. The maximum Gasteiger partial charge on any atom is 0.407 e. The highest BCUT2D eigenvalue weighted by molar-refractivity contribution is 5.93. The molecule has 0 aliphatic rings. The van der Waals surface area contributed by atoms with Crippen LogP contribution in [0.15, 0.2) is 59.2 Å². The van der Waals surface area contributed by atoms with Crippen molar-refractivity contribution in [2.45, 2.75) is 13.2 Å². The number of hydrogen-bond acceptors (Lipinski definition) is 8. The Hall–Kier alpha value is -4.25. The van der Waals surface area contributed by atoms with Gasteiger partial charge in [0.1, 0.15) is 18.1 Å². The van der Waals surface area contributed by atoms with E-state index in [0.29, 0.717) is 22.6 Å². The quantitative estimate of drug-likeness (QED) is 0.260. The highest BCUT2D eigenvalue weighted by Gasteiger charge is 2.13. The van der Waals surface area contributed by atoms with Crippen LogP contribution in [0.4, 0.5) is 10.5 Å². The minimum Gasteiger partial charge on any atom is -0.464 e. The lowest BCUT2D eigenvalue weighted by Gasteiger charge is -2.09. The number of benzene rings is 1. The van der Waals surface area contributed by atoms with Gasteiger partial charge in [0.05, 0.1) is 23.5 Å². The Morgan fingerprint density at radius 2 is 1.88 bits per heavy atom. The molecule has 32 heavy (non-hydrogen) atoms. The summed E-state index contributed by atoms with van der Waals surface area (Å²) in [6.45, 7) is -0.164. The zero-order chi connectivity index (χ0) is 22.9. The number of nitrogens with one attached hydrogen (secondary N) is 2. The smallest absolute Gasteiger partial charge is 0.407 e. The highest BCUT2D eigenvalue weighted by atomic mass is 16.6. The summed E-state index contributed by atoms with van der Waals surface area (Å²) in [5.41, 5.74) is 1.57. The second kappa shape index (κ2) is 10.7. The molecule has 0 aliphatic carbocycles. The molecule has 0 spiro atoms. The highest BCUT2D eigenvalue weighted by Crippen LogP contribution is 2.21. The number of aliphatic hydroxyl groups is 1. The third kappa shape index (κ3) is 6.12. The molecule has 0 fully saturated rings. The first-order valence-corrected chi connectivity index (χ1v) is 9.54. The topological polar surface area (TPSA) is 157 Å². The van der Waals surface area contributed by atoms with Crippen molar-refractivity contribution in [1.82, 2.24) is 15.6 Å². The van der Waals surface area contributed by atoms with Gasteiger partial charge in [-0.1, -0.05) is 0 Å². The predicted molar refractivity (Wildman–Crippen MR) is 111 cm³/mol. The minimum absolute atomic E-state index is 0.0516. The summed E-state index contributed by atoms with van der Waals surface area (Å²) in [5, 5.41) is 25.1. The molecule has 2 aromatic heterocycles. The number of ether oxygens (including phenoxy) is 1. The molecule has 1 aromatic carbocycles. The summed E-state index contributed by atoms with van der Waals surface area (Å²) in [4.78, 5) is 38.4. The standard InChI is InChI=1S/C21H20N4O7/c26-12-16-10-15(19-2-1-9-31-19)11-18(24-16)20(27)22-7-8-23-21(28)32-13-14-3-5-17(6-4-14)25(29)30/h1-6,9-11,26H,7-8,12-13H2,(H,22,27)(H,23,28). The van der Waals surface area contributed by atoms with E-state index in [1.807, 2.05) is 0 Å². The molecular formula is C21H20N4O7. The van der Waals surface area contributed by atoms with E-state index < -0.39 is 16.9 Å². The van der Waals surface area contributed by atoms with E-state index in [-0.39, 0.29) is 37.7 Å². The van der Waals surface area contributed by atoms with Crippen LogP contribution in [0.3, 0.4) is 0 Å². The van der Waals surface area contributed by atoms with Crippen LogP contribution in [0, 0.1) is 10.1 Å². The van der Waals surface area contributed by atoms with Crippen molar-refractivity contribution in [2.24, 2.45) is 0 Å². The van der Waals surface area contributed by atoms with E-state index in [1.165, 1.54) is 30.5 Å². The molecule has 0 atom stereocenters. The number of pyridine rings is 1. The van der Waals surface area contributed by atoms with Crippen molar-refractivity contribution in [2.75, 3.05) is 13.1 Å². The van der Waals surface area contributed by atoms with E-state index >= 15 is 0 Å². The third-order valence-electron chi connectivity index (χ3n) is 4.28. The van der Waals surface area contributed by atoms with Crippen LogP contribution in [0.5, 0.6) is 0 Å². The molecule has 3 N–H and O–H groups in total. The molecular weight excluding hydrogens is 420 g/mol. The number of rotatable bonds is 9. The van der Waals surface area contributed by atoms with Gasteiger partial charge in [0.15, 0.2) is 0 Å². The molecule has 11 nitrogen and oxygen atoms in total. The lowest BCUT2D eigenvalue weighted by molar-refractivity contribution is -0.384. The molecule has 3 rings (SSSR count). The van der Waals surface area contributed by atoms with Crippen molar-refractivity contribution >= 4 is 17.7 Å². The summed E-state index contributed by atoms with van der Waals surface area (Å²) in [6.07, 6.45) is 0.804. The van der Waals surface area contributed by atoms with Crippen molar-refractivity contribution in [3.8, 4) is 11.3 Å². The number of carbonyl (C=O) groups is 2. The summed E-state index contributed by atoms with van der Waals surface area (Å²) in [7, 11) is 0. The van der Waals surface area contributed by atoms with Gasteiger partial charge in [0.2, 0.25) is 0 Å². The molecule has 0 saturated carbocycles. The van der Waals surface area contributed by atoms with Gasteiger partial charge in [0.25, 0.3) is 11.6 Å². The number of nitrogens with zero attached hydrogens (tertiary/aromatic N) is 2. The number of hydrogen-bond donors (Lipinski definition) is 3. The van der Waals surface area contributed by atoms with Crippen molar-refractivity contribution in [3.05, 3.63) is 81.9 Å². The first-order chi connectivity index (χ1) is 15.5. The third-order valence-corrected chi connectivity index (χ3v) is 4.28. The Bertz CT molecular complexity index is 1080. The molecule has 2 amide bonds. The summed E-state index contributed by atoms with van der Waals surface area (Å²) >= 11 is 0. The fraction of sp³-hybridized carbons (Fsp3) is 0.190. The van der Waals surface area contributed by atoms with Crippen LogP contribution >= 0.6 is 0 Å². The molecule has 11 heteroatoms. The number of non-ortho nitro benzene ring substituents is 1. The zero-order valence-corrected chi connectivity index (χ0v) is 16.8. The average Bonchev–Trinajstić information content (AvgIpc) is 3.35. The van der Waals surface area contributed by atoms with Crippen LogP contribution < -0.4 is 10.6 Å². The lowest BCUT2D eigenvalue weighted by atomic mass is 10.1. The van der Waals surface area contributed by atoms with E-state index in [4.69, 9.17) is 9.15 Å². The van der Waals surface area contributed by atoms with Crippen LogP contribution in [-0.4, -0.2) is 40.1 Å². The normalized spacial score (nSPS) is 10.4. The number of aliphatic hydroxyl groups excluding tert-OH is 1. The minimum atomic E-state index is -0.696. The van der Waals surface area contributed by atoms with E-state index in [2.05, 4.69) is 15.6 Å². The van der Waals surface area contributed by atoms with Crippen molar-refractivity contribution < 1.29 is 28.8 Å². The molecule has 0 bridgehead atoms. The van der Waals surface area contributed by atoms with Gasteiger partial charge in [-0.15, -0.1) is 0 Å². The summed E-state index contributed by atoms with van der Waals surface area (Å²) in [5.74, 6) is 0.0581. The monoisotopic (exact) mass is 440 g/mol. The number of aromatic nitrogens is 1. The van der Waals surface area contributed by atoms with Crippen LogP contribution in [0.2, 0.25) is 0 Å². The van der Waals surface area contributed by atoms with Gasteiger partial charge in [-0.3, -0.25) is 14.9 Å². The largest absolute Gasteiger partial charge is 0.464 e. The molecule has 2 heterocycles. The van der Waals surface area contributed by atoms with Crippen LogP contribution in [-0.2, 0) is 18.0 Å². The van der Waals surface area contributed by atoms with E-state index in [0.717, 1.165) is 0 Å². The number of nitro benzene ring substituents is 1. The molecule has 0 saturated heterocycles. The number of amides is 2. The van der Waals surface area contributed by atoms with Crippen molar-refractivity contribution in [3.63, 3.8) is 0 Å². The molecule has 166 valence electrons. The van der Waals surface area contributed by atoms with Gasteiger partial charge in [-0.25, -0.2) is 9.78 Å². The van der Waals surface area contributed by atoms with Gasteiger partial charge in [0, 0.05) is 30.8 Å².